The fourth-order valence-electron chi connectivity index (χ4n) is 4.96. The molecule has 1 N–H and O–H groups in total. The molecule has 0 unspecified atom stereocenters. The molecule has 45 heavy (non-hydrogen) atoms. The first-order valence-corrected chi connectivity index (χ1v) is 15.6. The summed E-state index contributed by atoms with van der Waals surface area (Å²) in [5.74, 6) is 0.779. The third-order valence-electron chi connectivity index (χ3n) is 7.80. The Kier molecular flexibility index (Phi) is 8.33. The number of hydrogen-bond acceptors (Lipinski definition) is 7. The third kappa shape index (κ3) is 5.77. The van der Waals surface area contributed by atoms with Crippen LogP contribution in [0.1, 0.15) is 27.8 Å². The van der Waals surface area contributed by atoms with Gasteiger partial charge in [-0.3, -0.25) is 32.6 Å². The summed E-state index contributed by atoms with van der Waals surface area (Å²) in [4.78, 5) is 25.3. The van der Waals surface area contributed by atoms with E-state index in [-0.39, 0.29) is 11.1 Å². The van der Waals surface area contributed by atoms with E-state index in [1.807, 2.05) is 88.5 Å². The van der Waals surface area contributed by atoms with Crippen molar-refractivity contribution in [3.63, 3.8) is 0 Å². The summed E-state index contributed by atoms with van der Waals surface area (Å²) in [5.41, 5.74) is 7.66. The molecule has 0 aliphatic heterocycles. The largest absolute Gasteiger partial charge is 0.300 e. The lowest BCUT2D eigenvalue weighted by Crippen LogP contribution is -2.21. The minimum atomic E-state index is -0.191. The van der Waals surface area contributed by atoms with Crippen LogP contribution in [0.5, 0.6) is 0 Å². The fraction of sp³-hybridized carbons (Fsp3) is 0.152. The van der Waals surface area contributed by atoms with Crippen LogP contribution in [0, 0.1) is 32.5 Å². The highest BCUT2D eigenvalue weighted by atomic mass is 32.2. The summed E-state index contributed by atoms with van der Waals surface area (Å²) < 4.78 is 6.97. The summed E-state index contributed by atoms with van der Waals surface area (Å²) in [7, 11) is 0. The Balaban J connectivity index is 0.000000167. The molecule has 7 rings (SSSR count). The number of fused-ring (bicyclic) bond motifs is 2. The van der Waals surface area contributed by atoms with E-state index in [1.165, 1.54) is 5.56 Å². The number of hydrogen-bond donors (Lipinski definition) is 1. The maximum atomic E-state index is 12.9. The van der Waals surface area contributed by atoms with Crippen LogP contribution in [0.25, 0.3) is 22.7 Å². The van der Waals surface area contributed by atoms with Gasteiger partial charge in [-0.15, -0.1) is 15.3 Å². The van der Waals surface area contributed by atoms with Crippen LogP contribution < -0.4 is 11.1 Å². The SMILES string of the molecule is Cc1cccc(-n2ccn3c(=S)[nH]nc3c2=O)c1C.Cc1cccc(-n2ccn3c(SCc4ccccc4)nnc3c2=O)c1C. The summed E-state index contributed by atoms with van der Waals surface area (Å²) in [6.07, 6.45) is 7.09. The first kappa shape index (κ1) is 30.0. The van der Waals surface area contributed by atoms with E-state index in [1.54, 1.807) is 48.3 Å². The molecular formula is C33H30N8O2S2. The van der Waals surface area contributed by atoms with Crippen LogP contribution in [0.15, 0.2) is 106 Å². The average molecular weight is 635 g/mol. The van der Waals surface area contributed by atoms with Gasteiger partial charge >= 0.3 is 11.1 Å². The Morgan fingerprint density at radius 2 is 1.27 bits per heavy atom. The highest BCUT2D eigenvalue weighted by molar-refractivity contribution is 7.98. The van der Waals surface area contributed by atoms with Gasteiger partial charge in [-0.1, -0.05) is 66.4 Å². The molecule has 4 aromatic heterocycles. The van der Waals surface area contributed by atoms with Crippen molar-refractivity contribution < 1.29 is 0 Å². The first-order valence-electron chi connectivity index (χ1n) is 14.2. The third-order valence-corrected chi connectivity index (χ3v) is 9.10. The molecule has 0 saturated carbocycles. The van der Waals surface area contributed by atoms with Gasteiger partial charge in [0.25, 0.3) is 0 Å². The van der Waals surface area contributed by atoms with E-state index in [4.69, 9.17) is 12.2 Å². The van der Waals surface area contributed by atoms with E-state index in [9.17, 15) is 9.59 Å². The van der Waals surface area contributed by atoms with Crippen molar-refractivity contribution in [3.8, 4) is 11.4 Å². The van der Waals surface area contributed by atoms with Crippen LogP contribution in [-0.2, 0) is 5.75 Å². The Hall–Kier alpha value is -5.07. The second-order valence-electron chi connectivity index (χ2n) is 10.6. The van der Waals surface area contributed by atoms with Gasteiger partial charge in [-0.05, 0) is 79.9 Å². The highest BCUT2D eigenvalue weighted by Crippen LogP contribution is 2.22. The lowest BCUT2D eigenvalue weighted by molar-refractivity contribution is 0.889. The average Bonchev–Trinajstić information content (AvgIpc) is 3.65. The predicted octanol–water partition coefficient (Wildman–Crippen LogP) is 5.95. The molecule has 12 heteroatoms. The lowest BCUT2D eigenvalue weighted by Gasteiger charge is -2.11. The molecule has 0 atom stereocenters. The van der Waals surface area contributed by atoms with Crippen molar-refractivity contribution in [1.29, 1.82) is 0 Å². The zero-order valence-electron chi connectivity index (χ0n) is 25.1. The molecule has 10 nitrogen and oxygen atoms in total. The van der Waals surface area contributed by atoms with Crippen molar-refractivity contribution in [2.24, 2.45) is 0 Å². The van der Waals surface area contributed by atoms with E-state index in [0.717, 1.165) is 39.4 Å². The maximum Gasteiger partial charge on any atom is 0.300 e. The van der Waals surface area contributed by atoms with Gasteiger partial charge in [0.1, 0.15) is 0 Å². The molecule has 4 heterocycles. The number of nitrogens with one attached hydrogen (secondary N) is 1. The molecule has 0 aliphatic carbocycles. The van der Waals surface area contributed by atoms with Crippen molar-refractivity contribution in [2.75, 3.05) is 0 Å². The topological polar surface area (TPSA) is 107 Å². The number of aromatic amines is 1. The van der Waals surface area contributed by atoms with Crippen LogP contribution in [0.4, 0.5) is 0 Å². The number of rotatable bonds is 5. The Labute approximate surface area is 267 Å². The normalized spacial score (nSPS) is 11.1. The number of aromatic nitrogens is 8. The second kappa shape index (κ2) is 12.5. The first-order chi connectivity index (χ1) is 21.7. The number of benzene rings is 3. The van der Waals surface area contributed by atoms with E-state index in [0.29, 0.717) is 21.2 Å². The van der Waals surface area contributed by atoms with Crippen LogP contribution in [0.2, 0.25) is 0 Å². The number of aryl methyl sites for hydroxylation is 2. The van der Waals surface area contributed by atoms with Gasteiger partial charge in [0.15, 0.2) is 9.93 Å². The monoisotopic (exact) mass is 634 g/mol. The number of nitrogens with zero attached hydrogens (tertiary/aromatic N) is 7. The smallest absolute Gasteiger partial charge is 0.279 e. The number of thioether (sulfide) groups is 1. The summed E-state index contributed by atoms with van der Waals surface area (Å²) in [6, 6.07) is 22.0. The molecule has 226 valence electrons. The molecule has 3 aromatic carbocycles. The molecule has 0 radical (unpaired) electrons. The quantitative estimate of drug-likeness (QED) is 0.184. The van der Waals surface area contributed by atoms with Crippen LogP contribution >= 0.6 is 24.0 Å². The molecule has 0 bridgehead atoms. The molecule has 0 amide bonds. The summed E-state index contributed by atoms with van der Waals surface area (Å²) in [6.45, 7) is 8.08. The van der Waals surface area contributed by atoms with Crippen molar-refractivity contribution in [2.45, 2.75) is 38.6 Å². The minimum absolute atomic E-state index is 0.166. The summed E-state index contributed by atoms with van der Waals surface area (Å²) >= 11 is 6.62. The van der Waals surface area contributed by atoms with Crippen molar-refractivity contribution >= 4 is 35.3 Å². The second-order valence-corrected chi connectivity index (χ2v) is 11.9. The Morgan fingerprint density at radius 1 is 0.689 bits per heavy atom. The predicted molar refractivity (Wildman–Crippen MR) is 180 cm³/mol. The zero-order valence-corrected chi connectivity index (χ0v) is 26.8. The minimum Gasteiger partial charge on any atom is -0.279 e. The maximum absolute atomic E-state index is 12.9. The van der Waals surface area contributed by atoms with Crippen molar-refractivity contribution in [3.05, 3.63) is 145 Å². The standard InChI is InChI=1S/C20H18N4OS.C13H12N4OS/c1-14-7-6-10-17(15(14)2)23-11-12-24-18(19(23)25)21-22-20(24)26-13-16-8-4-3-5-9-16;1-8-4-3-5-10(9(8)2)16-6-7-17-11(12(16)18)14-15-13(17)19/h3-12H,13H2,1-2H3;3-7H,1-2H3,(H,15,19). The zero-order chi connectivity index (χ0) is 31.7. The van der Waals surface area contributed by atoms with Crippen LogP contribution in [0.3, 0.4) is 0 Å². The fourth-order valence-corrected chi connectivity index (χ4v) is 6.03. The van der Waals surface area contributed by atoms with E-state index < -0.39 is 0 Å². The Bertz CT molecular complexity index is 2350. The van der Waals surface area contributed by atoms with Gasteiger partial charge in [-0.25, -0.2) is 0 Å². The highest BCUT2D eigenvalue weighted by Gasteiger charge is 2.14. The molecular weight excluding hydrogens is 605 g/mol. The van der Waals surface area contributed by atoms with Gasteiger partial charge in [0.2, 0.25) is 11.3 Å². The Morgan fingerprint density at radius 3 is 1.89 bits per heavy atom. The van der Waals surface area contributed by atoms with Gasteiger partial charge in [0, 0.05) is 30.5 Å². The molecule has 0 aliphatic rings. The van der Waals surface area contributed by atoms with Gasteiger partial charge < -0.3 is 0 Å². The molecule has 0 spiro atoms. The van der Waals surface area contributed by atoms with Crippen LogP contribution in [-0.4, -0.2) is 38.3 Å². The molecule has 0 saturated heterocycles. The lowest BCUT2D eigenvalue weighted by atomic mass is 10.1. The molecule has 0 fully saturated rings. The van der Waals surface area contributed by atoms with Gasteiger partial charge in [0.05, 0.1) is 11.4 Å². The van der Waals surface area contributed by atoms with Crippen molar-refractivity contribution in [1.82, 2.24) is 38.3 Å². The van der Waals surface area contributed by atoms with Gasteiger partial charge in [-0.2, -0.15) is 0 Å². The van der Waals surface area contributed by atoms with E-state index in [2.05, 4.69) is 32.5 Å². The number of H-pyrrole nitrogens is 1. The van der Waals surface area contributed by atoms with E-state index >= 15 is 0 Å². The molecule has 7 aromatic rings. The summed E-state index contributed by atoms with van der Waals surface area (Å²) in [5, 5.41) is 15.6.